The average molecular weight is 304 g/mol. The molecule has 0 bridgehead atoms. The van der Waals surface area contributed by atoms with E-state index < -0.39 is 29.4 Å². The first-order valence-electron chi connectivity index (χ1n) is 6.14. The van der Waals surface area contributed by atoms with Crippen LogP contribution in [0, 0.1) is 5.82 Å². The number of aromatic nitrogens is 4. The Bertz CT molecular complexity index is 988. The summed E-state index contributed by atoms with van der Waals surface area (Å²) in [5, 5.41) is 8.89. The van der Waals surface area contributed by atoms with E-state index in [4.69, 9.17) is 5.11 Å². The number of hydrogen-bond acceptors (Lipinski definition) is 4. The Labute approximate surface area is 121 Å². The molecule has 0 saturated carbocycles. The molecule has 0 radical (unpaired) electrons. The van der Waals surface area contributed by atoms with Crippen molar-refractivity contribution in [2.24, 2.45) is 0 Å². The molecule has 0 aliphatic carbocycles. The lowest BCUT2D eigenvalue weighted by atomic mass is 10.2. The van der Waals surface area contributed by atoms with Gasteiger partial charge in [0.05, 0.1) is 23.0 Å². The minimum Gasteiger partial charge on any atom is -0.480 e. The van der Waals surface area contributed by atoms with Gasteiger partial charge in [-0.15, -0.1) is 0 Å². The van der Waals surface area contributed by atoms with Crippen molar-refractivity contribution < 1.29 is 14.3 Å². The molecular formula is C13H9FN4O4. The van der Waals surface area contributed by atoms with Crippen LogP contribution >= 0.6 is 0 Å². The van der Waals surface area contributed by atoms with Crippen LogP contribution in [0.5, 0.6) is 0 Å². The van der Waals surface area contributed by atoms with Gasteiger partial charge in [0.15, 0.2) is 0 Å². The van der Waals surface area contributed by atoms with Crippen LogP contribution in [0.3, 0.4) is 0 Å². The van der Waals surface area contributed by atoms with Gasteiger partial charge in [-0.2, -0.15) is 0 Å². The number of halogens is 1. The minimum atomic E-state index is -1.29. The monoisotopic (exact) mass is 304 g/mol. The van der Waals surface area contributed by atoms with Gasteiger partial charge in [0.2, 0.25) is 0 Å². The van der Waals surface area contributed by atoms with Crippen molar-refractivity contribution in [1.29, 1.82) is 0 Å². The van der Waals surface area contributed by atoms with Crippen LogP contribution in [0.2, 0.25) is 0 Å². The summed E-state index contributed by atoms with van der Waals surface area (Å²) in [6.07, 6.45) is 4.30. The molecule has 0 aliphatic rings. The Morgan fingerprint density at radius 1 is 1.36 bits per heavy atom. The molecule has 2 heterocycles. The molecule has 0 spiro atoms. The number of carbonyl (C=O) groups is 1. The van der Waals surface area contributed by atoms with Gasteiger partial charge in [0.1, 0.15) is 12.4 Å². The lowest BCUT2D eigenvalue weighted by Crippen LogP contribution is -2.37. The third kappa shape index (κ3) is 2.18. The molecule has 9 heteroatoms. The highest BCUT2D eigenvalue weighted by atomic mass is 19.1. The molecule has 2 aromatic heterocycles. The van der Waals surface area contributed by atoms with Gasteiger partial charge in [0.25, 0.3) is 0 Å². The number of hydrogen-bond donors (Lipinski definition) is 2. The molecule has 0 aliphatic heterocycles. The Morgan fingerprint density at radius 2 is 2.14 bits per heavy atom. The van der Waals surface area contributed by atoms with E-state index >= 15 is 0 Å². The highest BCUT2D eigenvalue weighted by Crippen LogP contribution is 2.19. The van der Waals surface area contributed by atoms with E-state index in [0.29, 0.717) is 0 Å². The van der Waals surface area contributed by atoms with Crippen molar-refractivity contribution in [3.63, 3.8) is 0 Å². The fourth-order valence-corrected chi connectivity index (χ4v) is 2.17. The maximum absolute atomic E-state index is 14.1. The topological polar surface area (TPSA) is 110 Å². The van der Waals surface area contributed by atoms with Gasteiger partial charge < -0.3 is 14.7 Å². The SMILES string of the molecule is O=C(O)Cn1c(=O)c(=O)[nH]c2cc(F)c(-n3ccnc3)cc21. The summed E-state index contributed by atoms with van der Waals surface area (Å²) in [7, 11) is 0. The van der Waals surface area contributed by atoms with Gasteiger partial charge in [-0.05, 0) is 6.07 Å². The summed E-state index contributed by atoms with van der Waals surface area (Å²) in [5.74, 6) is -1.94. The molecule has 22 heavy (non-hydrogen) atoms. The van der Waals surface area contributed by atoms with Crippen LogP contribution in [0.25, 0.3) is 16.7 Å². The number of rotatable bonds is 3. The van der Waals surface area contributed by atoms with Crippen molar-refractivity contribution in [1.82, 2.24) is 19.1 Å². The zero-order chi connectivity index (χ0) is 15.9. The number of carboxylic acid groups (broad SMARTS) is 1. The Hall–Kier alpha value is -3.23. The fraction of sp³-hybridized carbons (Fsp3) is 0.0769. The van der Waals surface area contributed by atoms with Crippen molar-refractivity contribution in [2.75, 3.05) is 0 Å². The molecule has 0 atom stereocenters. The molecule has 8 nitrogen and oxygen atoms in total. The number of aromatic amines is 1. The predicted molar refractivity (Wildman–Crippen MR) is 73.5 cm³/mol. The number of fused-ring (bicyclic) bond motifs is 1. The first kappa shape index (κ1) is 13.7. The fourth-order valence-electron chi connectivity index (χ4n) is 2.17. The number of nitrogens with zero attached hydrogens (tertiary/aromatic N) is 3. The summed E-state index contributed by atoms with van der Waals surface area (Å²) in [5.41, 5.74) is -1.80. The van der Waals surface area contributed by atoms with Gasteiger partial charge in [-0.3, -0.25) is 19.0 Å². The molecule has 0 amide bonds. The summed E-state index contributed by atoms with van der Waals surface area (Å²) in [6, 6.07) is 2.32. The zero-order valence-electron chi connectivity index (χ0n) is 11.0. The van der Waals surface area contributed by atoms with Crippen LogP contribution in [0.15, 0.2) is 40.4 Å². The second-order valence-corrected chi connectivity index (χ2v) is 4.53. The lowest BCUT2D eigenvalue weighted by molar-refractivity contribution is -0.137. The van der Waals surface area contributed by atoms with Crippen LogP contribution in [-0.2, 0) is 11.3 Å². The van der Waals surface area contributed by atoms with Gasteiger partial charge in [-0.1, -0.05) is 0 Å². The number of nitrogens with one attached hydrogen (secondary N) is 1. The standard InChI is InChI=1S/C13H9FN4O4/c14-7-3-8-10(4-9(7)17-2-1-15-6-17)18(5-11(19)20)13(22)12(21)16-8/h1-4,6H,5H2,(H,16,21)(H,19,20). The van der Waals surface area contributed by atoms with E-state index in [0.717, 1.165) is 10.6 Å². The van der Waals surface area contributed by atoms with E-state index in [-0.39, 0.29) is 16.7 Å². The summed E-state index contributed by atoms with van der Waals surface area (Å²) >= 11 is 0. The first-order valence-corrected chi connectivity index (χ1v) is 6.14. The maximum atomic E-state index is 14.1. The largest absolute Gasteiger partial charge is 0.480 e. The quantitative estimate of drug-likeness (QED) is 0.667. The van der Waals surface area contributed by atoms with Crippen LogP contribution < -0.4 is 11.1 Å². The van der Waals surface area contributed by atoms with Crippen LogP contribution in [0.1, 0.15) is 0 Å². The predicted octanol–water partition coefficient (Wildman–Crippen LogP) is 0.0992. The normalized spacial score (nSPS) is 11.0. The van der Waals surface area contributed by atoms with E-state index in [2.05, 4.69) is 9.97 Å². The van der Waals surface area contributed by atoms with Crippen LogP contribution in [-0.4, -0.2) is 30.2 Å². The third-order valence-electron chi connectivity index (χ3n) is 3.12. The molecule has 3 aromatic rings. The molecule has 3 rings (SSSR count). The highest BCUT2D eigenvalue weighted by Gasteiger charge is 2.14. The molecule has 0 unspecified atom stereocenters. The number of H-pyrrole nitrogens is 1. The smallest absolute Gasteiger partial charge is 0.323 e. The zero-order valence-corrected chi connectivity index (χ0v) is 11.0. The van der Waals surface area contributed by atoms with E-state index in [1.54, 1.807) is 0 Å². The molecule has 1 aromatic carbocycles. The van der Waals surface area contributed by atoms with Gasteiger partial charge >= 0.3 is 17.1 Å². The second kappa shape index (κ2) is 4.95. The highest BCUT2D eigenvalue weighted by molar-refractivity contribution is 5.79. The Morgan fingerprint density at radius 3 is 2.77 bits per heavy atom. The number of carboxylic acids is 1. The minimum absolute atomic E-state index is 0.0345. The van der Waals surface area contributed by atoms with Crippen molar-refractivity contribution in [3.8, 4) is 5.69 Å². The molecule has 0 saturated heterocycles. The van der Waals surface area contributed by atoms with Gasteiger partial charge in [0, 0.05) is 18.5 Å². The number of aliphatic carboxylic acids is 1. The number of imidazole rings is 1. The van der Waals surface area contributed by atoms with E-state index in [9.17, 15) is 18.8 Å². The van der Waals surface area contributed by atoms with Crippen molar-refractivity contribution in [2.45, 2.75) is 6.54 Å². The third-order valence-corrected chi connectivity index (χ3v) is 3.12. The molecular weight excluding hydrogens is 295 g/mol. The second-order valence-electron chi connectivity index (χ2n) is 4.53. The van der Waals surface area contributed by atoms with Gasteiger partial charge in [-0.25, -0.2) is 9.37 Å². The van der Waals surface area contributed by atoms with E-state index in [1.807, 2.05) is 0 Å². The lowest BCUT2D eigenvalue weighted by Gasteiger charge is -2.10. The van der Waals surface area contributed by atoms with Crippen LogP contribution in [0.4, 0.5) is 4.39 Å². The molecule has 0 fully saturated rings. The Kier molecular flexibility index (Phi) is 3.09. The summed E-state index contributed by atoms with van der Waals surface area (Å²) in [6.45, 7) is -0.700. The van der Waals surface area contributed by atoms with Crippen molar-refractivity contribution >= 4 is 17.0 Å². The first-order chi connectivity index (χ1) is 10.5. The Balaban J connectivity index is 2.39. The molecule has 112 valence electrons. The summed E-state index contributed by atoms with van der Waals surface area (Å²) in [4.78, 5) is 40.3. The molecule has 2 N–H and O–H groups in total. The van der Waals surface area contributed by atoms with Crippen molar-refractivity contribution in [3.05, 3.63) is 57.4 Å². The average Bonchev–Trinajstić information content (AvgIpc) is 2.97. The maximum Gasteiger partial charge on any atom is 0.323 e. The van der Waals surface area contributed by atoms with E-state index in [1.165, 1.54) is 29.4 Å². The number of benzene rings is 1. The summed E-state index contributed by atoms with van der Waals surface area (Å²) < 4.78 is 16.3.